The maximum atomic E-state index is 14.7. The second kappa shape index (κ2) is 11.2. The molecule has 0 radical (unpaired) electrons. The van der Waals surface area contributed by atoms with Gasteiger partial charge in [0.1, 0.15) is 6.10 Å². The molecule has 0 unspecified atom stereocenters. The summed E-state index contributed by atoms with van der Waals surface area (Å²) in [7, 11) is 0. The maximum Gasteiger partial charge on any atom is 0.309 e. The van der Waals surface area contributed by atoms with E-state index in [-0.39, 0.29) is 45.6 Å². The van der Waals surface area contributed by atoms with Crippen LogP contribution >= 0.6 is 0 Å². The van der Waals surface area contributed by atoms with Gasteiger partial charge in [0.05, 0.1) is 30.5 Å². The third-order valence-corrected chi connectivity index (χ3v) is 17.5. The number of carbonyl (C=O) groups excluding carboxylic acids is 2. The van der Waals surface area contributed by atoms with Crippen LogP contribution in [-0.2, 0) is 23.9 Å². The number of esters is 1. The molecule has 1 N–H and O–H groups in total. The Morgan fingerprint density at radius 1 is 0.771 bits per heavy atom. The van der Waals surface area contributed by atoms with Gasteiger partial charge in [-0.15, -0.1) is 0 Å². The van der Waals surface area contributed by atoms with Gasteiger partial charge in [-0.25, -0.2) is 0 Å². The first kappa shape index (κ1) is 34.8. The zero-order valence-electron chi connectivity index (χ0n) is 31.4. The maximum absolute atomic E-state index is 14.7. The highest BCUT2D eigenvalue weighted by atomic mass is 16.5. The van der Waals surface area contributed by atoms with E-state index in [9.17, 15) is 19.5 Å². The summed E-state index contributed by atoms with van der Waals surface area (Å²) in [5.74, 6) is 1.90. The summed E-state index contributed by atoms with van der Waals surface area (Å²) < 4.78 is 11.9. The van der Waals surface area contributed by atoms with Crippen LogP contribution in [0.1, 0.15) is 139 Å². The smallest absolute Gasteiger partial charge is 0.309 e. The summed E-state index contributed by atoms with van der Waals surface area (Å²) in [4.78, 5) is 41.7. The molecule has 1 amide bonds. The van der Waals surface area contributed by atoms with Gasteiger partial charge in [-0.2, -0.15) is 0 Å². The molecule has 0 aromatic rings. The number of hydrogen-bond acceptors (Lipinski definition) is 5. The molecular formula is C41H65NO6. The molecule has 0 spiro atoms. The predicted molar refractivity (Wildman–Crippen MR) is 185 cm³/mol. The number of carboxylic acid groups (broad SMARTS) is 1. The average Bonchev–Trinajstić information content (AvgIpc) is 3.63. The fraction of sp³-hybridized carbons (Fsp3) is 0.927. The number of ether oxygens (including phenoxy) is 2. The van der Waals surface area contributed by atoms with Gasteiger partial charge in [-0.1, -0.05) is 41.5 Å². The van der Waals surface area contributed by atoms with Crippen molar-refractivity contribution in [1.29, 1.82) is 0 Å². The number of morpholine rings is 1. The largest absolute Gasteiger partial charge is 0.481 e. The van der Waals surface area contributed by atoms with Crippen molar-refractivity contribution in [1.82, 2.24) is 4.90 Å². The summed E-state index contributed by atoms with van der Waals surface area (Å²) in [6.07, 6.45) is 13.6. The Morgan fingerprint density at radius 2 is 1.46 bits per heavy atom. The number of hydrogen-bond donors (Lipinski definition) is 1. The lowest BCUT2D eigenvalue weighted by Gasteiger charge is -2.73. The molecule has 0 bridgehead atoms. The molecule has 10 atom stereocenters. The number of fused-ring (bicyclic) bond motifs is 7. The number of aliphatic carboxylic acids is 1. The van der Waals surface area contributed by atoms with Crippen LogP contribution in [0.3, 0.4) is 0 Å². The summed E-state index contributed by atoms with van der Waals surface area (Å²) in [5, 5.41) is 9.60. The van der Waals surface area contributed by atoms with Gasteiger partial charge in [0.15, 0.2) is 0 Å². The van der Waals surface area contributed by atoms with Gasteiger partial charge in [-0.3, -0.25) is 14.4 Å². The monoisotopic (exact) mass is 667 g/mol. The molecular weight excluding hydrogens is 602 g/mol. The summed E-state index contributed by atoms with van der Waals surface area (Å²) in [6.45, 7) is 21.1. The number of carboxylic acids is 1. The molecule has 6 saturated carbocycles. The fourth-order valence-corrected chi connectivity index (χ4v) is 14.2. The number of carbonyl (C=O) groups is 3. The standard InChI is InChI=1S/C41H65NO6/c1-35(2,34(45)46)25-31(43)48-30-13-14-38(6)28(36(30,3)4)12-15-40(8)29(38)10-9-27-32-26(37(5)17-18-37)11-16-41(32,20-19-39(27,40)7)33(44)42-21-23-47-24-22-42/h26-30,32H,9-25H2,1-8H3,(H,45,46)/t26-,27-,28+,29-,30+,32-,38+,39-,40-,41+/m1/s1. The van der Waals surface area contributed by atoms with Crippen LogP contribution < -0.4 is 0 Å². The number of amides is 1. The summed E-state index contributed by atoms with van der Waals surface area (Å²) >= 11 is 0. The molecule has 7 rings (SSSR count). The lowest BCUT2D eigenvalue weighted by Crippen LogP contribution is -2.68. The molecule has 6 aliphatic carbocycles. The van der Waals surface area contributed by atoms with Gasteiger partial charge in [0.2, 0.25) is 5.91 Å². The number of nitrogens with zero attached hydrogens (tertiary/aromatic N) is 1. The fourth-order valence-electron chi connectivity index (χ4n) is 14.2. The van der Waals surface area contributed by atoms with E-state index < -0.39 is 11.4 Å². The second-order valence-corrected chi connectivity index (χ2v) is 20.3. The van der Waals surface area contributed by atoms with E-state index in [1.54, 1.807) is 13.8 Å². The minimum atomic E-state index is -1.13. The van der Waals surface area contributed by atoms with Crippen LogP contribution in [-0.4, -0.2) is 60.3 Å². The van der Waals surface area contributed by atoms with Gasteiger partial charge < -0.3 is 19.5 Å². The minimum Gasteiger partial charge on any atom is -0.481 e. The van der Waals surface area contributed by atoms with Crippen molar-refractivity contribution in [2.75, 3.05) is 26.3 Å². The summed E-state index contributed by atoms with van der Waals surface area (Å²) in [6, 6.07) is 0. The molecule has 7 aliphatic rings. The van der Waals surface area contributed by atoms with E-state index in [1.807, 2.05) is 0 Å². The van der Waals surface area contributed by atoms with E-state index in [0.29, 0.717) is 54.1 Å². The third-order valence-electron chi connectivity index (χ3n) is 17.5. The Morgan fingerprint density at radius 3 is 2.10 bits per heavy atom. The van der Waals surface area contributed by atoms with Gasteiger partial charge in [0, 0.05) is 18.5 Å². The van der Waals surface area contributed by atoms with Crippen LogP contribution in [0.15, 0.2) is 0 Å². The van der Waals surface area contributed by atoms with Crippen LogP contribution in [0, 0.1) is 67.5 Å². The van der Waals surface area contributed by atoms with Crippen LogP contribution in [0.2, 0.25) is 0 Å². The van der Waals surface area contributed by atoms with Crippen molar-refractivity contribution < 1.29 is 29.0 Å². The first-order valence-corrected chi connectivity index (χ1v) is 19.7. The lowest BCUT2D eigenvalue weighted by molar-refractivity contribution is -0.252. The van der Waals surface area contributed by atoms with Crippen LogP contribution in [0.5, 0.6) is 0 Å². The Labute approximate surface area is 290 Å². The molecule has 0 aromatic carbocycles. The van der Waals surface area contributed by atoms with E-state index in [1.165, 1.54) is 38.5 Å². The van der Waals surface area contributed by atoms with Crippen molar-refractivity contribution in [3.8, 4) is 0 Å². The molecule has 1 heterocycles. The molecule has 48 heavy (non-hydrogen) atoms. The van der Waals surface area contributed by atoms with Gasteiger partial charge >= 0.3 is 11.9 Å². The number of rotatable bonds is 6. The van der Waals surface area contributed by atoms with Crippen molar-refractivity contribution in [2.45, 2.75) is 145 Å². The van der Waals surface area contributed by atoms with Crippen LogP contribution in [0.25, 0.3) is 0 Å². The summed E-state index contributed by atoms with van der Waals surface area (Å²) in [5.41, 5.74) is -0.532. The Balaban J connectivity index is 1.16. The highest BCUT2D eigenvalue weighted by molar-refractivity contribution is 5.84. The molecule has 7 fully saturated rings. The minimum absolute atomic E-state index is 0.103. The van der Waals surface area contributed by atoms with Crippen molar-refractivity contribution in [2.24, 2.45) is 67.5 Å². The first-order chi connectivity index (χ1) is 22.4. The molecule has 0 aromatic heterocycles. The molecule has 7 heteroatoms. The van der Waals surface area contributed by atoms with Gasteiger partial charge in [0.25, 0.3) is 0 Å². The Kier molecular flexibility index (Phi) is 8.11. The van der Waals surface area contributed by atoms with Gasteiger partial charge in [-0.05, 0) is 142 Å². The second-order valence-electron chi connectivity index (χ2n) is 20.3. The Hall–Kier alpha value is -1.63. The highest BCUT2D eigenvalue weighted by Crippen LogP contribution is 2.79. The SMILES string of the molecule is CC(C)(CC(=O)O[C@H]1CC[C@]2(C)[C@H]3CC[C@@H]4[C@H]5[C@H](C6(C)CC6)CC[C@]5(C(=O)N5CCOCC5)CC[C@@]4(C)[C@]3(C)CC[C@H]2C1(C)C)C(=O)O. The third kappa shape index (κ3) is 4.84. The topological polar surface area (TPSA) is 93.1 Å². The van der Waals surface area contributed by atoms with E-state index >= 15 is 0 Å². The quantitative estimate of drug-likeness (QED) is 0.288. The normalized spacial score (nSPS) is 46.0. The average molecular weight is 668 g/mol. The Bertz CT molecular complexity index is 1330. The van der Waals surface area contributed by atoms with Crippen molar-refractivity contribution >= 4 is 17.8 Å². The molecule has 1 saturated heterocycles. The van der Waals surface area contributed by atoms with E-state index in [4.69, 9.17) is 9.47 Å². The van der Waals surface area contributed by atoms with Crippen LogP contribution in [0.4, 0.5) is 0 Å². The molecule has 7 nitrogen and oxygen atoms in total. The van der Waals surface area contributed by atoms with Crippen molar-refractivity contribution in [3.05, 3.63) is 0 Å². The zero-order chi connectivity index (χ0) is 34.7. The highest BCUT2D eigenvalue weighted by Gasteiger charge is 2.73. The van der Waals surface area contributed by atoms with E-state index in [0.717, 1.165) is 51.6 Å². The predicted octanol–water partition coefficient (Wildman–Crippen LogP) is 8.14. The molecule has 1 aliphatic heterocycles. The first-order valence-electron chi connectivity index (χ1n) is 19.7. The zero-order valence-corrected chi connectivity index (χ0v) is 31.4. The lowest BCUT2D eigenvalue weighted by atomic mass is 9.32. The van der Waals surface area contributed by atoms with E-state index in [2.05, 4.69) is 46.4 Å². The molecule has 270 valence electrons. The van der Waals surface area contributed by atoms with Crippen molar-refractivity contribution in [3.63, 3.8) is 0 Å².